The monoisotopic (exact) mass is 209 g/mol. The summed E-state index contributed by atoms with van der Waals surface area (Å²) in [5.41, 5.74) is -0.198. The van der Waals surface area contributed by atoms with Gasteiger partial charge in [-0.2, -0.15) is 0 Å². The summed E-state index contributed by atoms with van der Waals surface area (Å²) in [4.78, 5) is 3.74. The molecule has 0 saturated carbocycles. The van der Waals surface area contributed by atoms with Crippen molar-refractivity contribution < 1.29 is 4.74 Å². The van der Waals surface area contributed by atoms with E-state index in [1.165, 1.54) is 0 Å². The molecule has 86 valence electrons. The van der Waals surface area contributed by atoms with Crippen LogP contribution in [0, 0.1) is 5.92 Å². The molecule has 0 fully saturated rings. The quantitative estimate of drug-likeness (QED) is 0.382. The fraction of sp³-hybridized carbons (Fsp3) is 0.615. The summed E-state index contributed by atoms with van der Waals surface area (Å²) < 4.78 is 5.71. The van der Waals surface area contributed by atoms with E-state index in [4.69, 9.17) is 4.74 Å². The van der Waals surface area contributed by atoms with Gasteiger partial charge in [-0.15, -0.1) is 0 Å². The van der Waals surface area contributed by atoms with Crippen molar-refractivity contribution in [1.82, 2.24) is 0 Å². The Balaban J connectivity index is 4.49. The van der Waals surface area contributed by atoms with Gasteiger partial charge < -0.3 is 4.74 Å². The van der Waals surface area contributed by atoms with Crippen molar-refractivity contribution >= 4 is 6.72 Å². The first-order valence-corrected chi connectivity index (χ1v) is 5.42. The highest BCUT2D eigenvalue weighted by molar-refractivity contribution is 5.27. The number of nitrogens with zero attached hydrogens (tertiary/aromatic N) is 1. The molecular formula is C13H23NO. The van der Waals surface area contributed by atoms with Gasteiger partial charge in [0.25, 0.3) is 0 Å². The predicted molar refractivity (Wildman–Crippen MR) is 67.1 cm³/mol. The van der Waals surface area contributed by atoms with Crippen molar-refractivity contribution in [1.29, 1.82) is 0 Å². The lowest BCUT2D eigenvalue weighted by Crippen LogP contribution is -2.18. The maximum atomic E-state index is 5.71. The molecule has 0 amide bonds. The van der Waals surface area contributed by atoms with E-state index in [2.05, 4.69) is 31.6 Å². The molecular weight excluding hydrogens is 186 g/mol. The van der Waals surface area contributed by atoms with Crippen LogP contribution in [-0.2, 0) is 4.74 Å². The lowest BCUT2D eigenvalue weighted by Gasteiger charge is -2.21. The minimum atomic E-state index is -0.198. The Morgan fingerprint density at radius 1 is 1.47 bits per heavy atom. The Hall–Kier alpha value is -1.05. The maximum Gasteiger partial charge on any atom is 0.137 e. The van der Waals surface area contributed by atoms with Crippen molar-refractivity contribution in [2.45, 2.75) is 46.6 Å². The van der Waals surface area contributed by atoms with Crippen molar-refractivity contribution in [2.24, 2.45) is 10.9 Å². The Morgan fingerprint density at radius 2 is 2.07 bits per heavy atom. The van der Waals surface area contributed by atoms with E-state index in [1.54, 1.807) is 6.20 Å². The van der Waals surface area contributed by atoms with Gasteiger partial charge in [-0.1, -0.05) is 26.3 Å². The zero-order valence-corrected chi connectivity index (χ0v) is 10.6. The second-order valence-corrected chi connectivity index (χ2v) is 4.67. The predicted octanol–water partition coefficient (Wildman–Crippen LogP) is 3.95. The van der Waals surface area contributed by atoms with Gasteiger partial charge in [0.1, 0.15) is 11.4 Å². The van der Waals surface area contributed by atoms with Crippen molar-refractivity contribution in [2.75, 3.05) is 0 Å². The van der Waals surface area contributed by atoms with E-state index in [0.717, 1.165) is 12.2 Å². The third kappa shape index (κ3) is 7.98. The van der Waals surface area contributed by atoms with E-state index in [-0.39, 0.29) is 5.60 Å². The second-order valence-electron chi connectivity index (χ2n) is 4.67. The maximum absolute atomic E-state index is 5.71. The molecule has 0 aliphatic rings. The summed E-state index contributed by atoms with van der Waals surface area (Å²) in [7, 11) is 0. The molecule has 0 aliphatic heterocycles. The van der Waals surface area contributed by atoms with Crippen molar-refractivity contribution in [3.63, 3.8) is 0 Å². The highest BCUT2D eigenvalue weighted by Gasteiger charge is 2.11. The molecule has 2 heteroatoms. The summed E-state index contributed by atoms with van der Waals surface area (Å²) in [5.74, 6) is 1.32. The van der Waals surface area contributed by atoms with Crippen LogP contribution >= 0.6 is 0 Å². The molecule has 1 atom stereocenters. The SMILES string of the molecule is C=NC=C(C=CC(C)CC)OC(C)(C)C. The number of rotatable bonds is 5. The fourth-order valence-electron chi connectivity index (χ4n) is 0.942. The van der Waals surface area contributed by atoms with Crippen LogP contribution < -0.4 is 0 Å². The zero-order chi connectivity index (χ0) is 11.9. The first-order valence-electron chi connectivity index (χ1n) is 5.42. The molecule has 0 radical (unpaired) electrons. The van der Waals surface area contributed by atoms with Crippen LogP contribution in [0.15, 0.2) is 29.1 Å². The molecule has 15 heavy (non-hydrogen) atoms. The molecule has 0 rings (SSSR count). The van der Waals surface area contributed by atoms with E-state index >= 15 is 0 Å². The normalized spacial score (nSPS) is 15.4. The molecule has 0 aromatic rings. The van der Waals surface area contributed by atoms with Gasteiger partial charge in [0.2, 0.25) is 0 Å². The lowest BCUT2D eigenvalue weighted by molar-refractivity contribution is 0.0595. The minimum absolute atomic E-state index is 0.198. The van der Waals surface area contributed by atoms with Gasteiger partial charge in [-0.05, 0) is 39.5 Å². The molecule has 0 heterocycles. The van der Waals surface area contributed by atoms with E-state index in [9.17, 15) is 0 Å². The molecule has 0 aromatic heterocycles. The van der Waals surface area contributed by atoms with E-state index in [1.807, 2.05) is 26.8 Å². The van der Waals surface area contributed by atoms with Gasteiger partial charge in [0.05, 0.1) is 6.20 Å². The van der Waals surface area contributed by atoms with Crippen LogP contribution in [0.3, 0.4) is 0 Å². The van der Waals surface area contributed by atoms with Crippen LogP contribution in [0.1, 0.15) is 41.0 Å². The first kappa shape index (κ1) is 13.9. The molecule has 0 N–H and O–H groups in total. The van der Waals surface area contributed by atoms with Gasteiger partial charge in [-0.3, -0.25) is 4.99 Å². The Labute approximate surface area is 93.7 Å². The molecule has 0 aromatic carbocycles. The number of ether oxygens (including phenoxy) is 1. The third-order valence-electron chi connectivity index (χ3n) is 1.88. The summed E-state index contributed by atoms with van der Waals surface area (Å²) in [6.07, 6.45) is 6.86. The summed E-state index contributed by atoms with van der Waals surface area (Å²) in [6.45, 7) is 13.8. The number of allylic oxidation sites excluding steroid dienone is 2. The van der Waals surface area contributed by atoms with Crippen LogP contribution in [0.5, 0.6) is 0 Å². The molecule has 2 nitrogen and oxygen atoms in total. The molecule has 0 spiro atoms. The zero-order valence-electron chi connectivity index (χ0n) is 10.6. The van der Waals surface area contributed by atoms with Gasteiger partial charge in [0, 0.05) is 0 Å². The Bertz CT molecular complexity index is 246. The number of aliphatic imine (C=N–C) groups is 1. The first-order chi connectivity index (χ1) is 6.89. The smallest absolute Gasteiger partial charge is 0.137 e. The van der Waals surface area contributed by atoms with E-state index in [0.29, 0.717) is 5.92 Å². The van der Waals surface area contributed by atoms with E-state index < -0.39 is 0 Å². The fourth-order valence-corrected chi connectivity index (χ4v) is 0.942. The molecule has 1 unspecified atom stereocenters. The Morgan fingerprint density at radius 3 is 2.47 bits per heavy atom. The topological polar surface area (TPSA) is 21.6 Å². The standard InChI is InChI=1S/C13H23NO/c1-7-11(2)8-9-12(10-14-6)15-13(3,4)5/h8-11H,6-7H2,1-5H3. The third-order valence-corrected chi connectivity index (χ3v) is 1.88. The van der Waals surface area contributed by atoms with Crippen LogP contribution in [-0.4, -0.2) is 12.3 Å². The van der Waals surface area contributed by atoms with Crippen LogP contribution in [0.2, 0.25) is 0 Å². The lowest BCUT2D eigenvalue weighted by atomic mass is 10.1. The summed E-state index contributed by atoms with van der Waals surface area (Å²) >= 11 is 0. The average Bonchev–Trinajstić information content (AvgIpc) is 2.11. The molecule has 0 saturated heterocycles. The summed E-state index contributed by atoms with van der Waals surface area (Å²) in [5, 5.41) is 0. The van der Waals surface area contributed by atoms with Crippen LogP contribution in [0.4, 0.5) is 0 Å². The van der Waals surface area contributed by atoms with Gasteiger partial charge in [-0.25, -0.2) is 0 Å². The van der Waals surface area contributed by atoms with Crippen molar-refractivity contribution in [3.8, 4) is 0 Å². The molecule has 0 aliphatic carbocycles. The highest BCUT2D eigenvalue weighted by atomic mass is 16.5. The second kappa shape index (κ2) is 6.44. The molecule has 0 bridgehead atoms. The van der Waals surface area contributed by atoms with Gasteiger partial charge >= 0.3 is 0 Å². The Kier molecular flexibility index (Phi) is 5.99. The average molecular weight is 209 g/mol. The minimum Gasteiger partial charge on any atom is -0.487 e. The van der Waals surface area contributed by atoms with Crippen LogP contribution in [0.25, 0.3) is 0 Å². The largest absolute Gasteiger partial charge is 0.487 e. The number of hydrogen-bond donors (Lipinski definition) is 0. The highest BCUT2D eigenvalue weighted by Crippen LogP contribution is 2.15. The summed E-state index contributed by atoms with van der Waals surface area (Å²) in [6, 6.07) is 0. The van der Waals surface area contributed by atoms with Crippen molar-refractivity contribution in [3.05, 3.63) is 24.1 Å². The van der Waals surface area contributed by atoms with Gasteiger partial charge in [0.15, 0.2) is 0 Å². The number of hydrogen-bond acceptors (Lipinski definition) is 2.